The molecule has 3 nitrogen and oxygen atoms in total. The van der Waals surface area contributed by atoms with Crippen LogP contribution in [0.25, 0.3) is 0 Å². The van der Waals surface area contributed by atoms with Crippen LogP contribution < -0.4 is 5.32 Å². The fourth-order valence-electron chi connectivity index (χ4n) is 1.98. The van der Waals surface area contributed by atoms with Gasteiger partial charge in [-0.3, -0.25) is 4.90 Å². The third-order valence-corrected chi connectivity index (χ3v) is 3.14. The highest BCUT2D eigenvalue weighted by atomic mass is 16.3. The Morgan fingerprint density at radius 2 is 2.11 bits per heavy atom. The first kappa shape index (κ1) is 16.0. The van der Waals surface area contributed by atoms with Crippen molar-refractivity contribution < 1.29 is 4.42 Å². The molecule has 0 bridgehead atoms. The van der Waals surface area contributed by atoms with Crippen LogP contribution in [-0.2, 0) is 13.1 Å². The Hall–Kier alpha value is -1.06. The van der Waals surface area contributed by atoms with Crippen LogP contribution in [-0.4, -0.2) is 24.0 Å². The number of hydrogen-bond acceptors (Lipinski definition) is 3. The molecule has 0 radical (unpaired) electrons. The first-order valence-electron chi connectivity index (χ1n) is 7.15. The molecule has 0 saturated heterocycles. The van der Waals surface area contributed by atoms with Crippen molar-refractivity contribution in [2.45, 2.75) is 46.8 Å². The molecule has 0 aliphatic carbocycles. The van der Waals surface area contributed by atoms with Crippen molar-refractivity contribution in [3.63, 3.8) is 0 Å². The van der Waals surface area contributed by atoms with Crippen LogP contribution in [0.5, 0.6) is 0 Å². The minimum absolute atomic E-state index is 0.504. The zero-order chi connectivity index (χ0) is 14.3. The van der Waals surface area contributed by atoms with Crippen LogP contribution in [0.2, 0.25) is 0 Å². The maximum absolute atomic E-state index is 5.59. The summed E-state index contributed by atoms with van der Waals surface area (Å²) in [6.45, 7) is 16.3. The highest BCUT2D eigenvalue weighted by Crippen LogP contribution is 2.15. The first-order chi connectivity index (χ1) is 9.04. The van der Waals surface area contributed by atoms with Gasteiger partial charge in [0.15, 0.2) is 0 Å². The Morgan fingerprint density at radius 3 is 2.68 bits per heavy atom. The van der Waals surface area contributed by atoms with Gasteiger partial charge in [-0.05, 0) is 32.4 Å². The summed E-state index contributed by atoms with van der Waals surface area (Å²) in [5, 5.41) is 3.43. The molecule has 0 fully saturated rings. The van der Waals surface area contributed by atoms with Crippen molar-refractivity contribution in [3.8, 4) is 0 Å². The van der Waals surface area contributed by atoms with Crippen molar-refractivity contribution in [2.24, 2.45) is 5.92 Å². The number of hydrogen-bond donors (Lipinski definition) is 1. The quantitative estimate of drug-likeness (QED) is 0.693. The van der Waals surface area contributed by atoms with Crippen LogP contribution in [0, 0.1) is 5.92 Å². The van der Waals surface area contributed by atoms with Crippen molar-refractivity contribution >= 4 is 0 Å². The molecule has 1 aromatic rings. The van der Waals surface area contributed by atoms with Gasteiger partial charge in [0.25, 0.3) is 0 Å². The lowest BCUT2D eigenvalue weighted by molar-refractivity contribution is 0.235. The maximum atomic E-state index is 5.59. The summed E-state index contributed by atoms with van der Waals surface area (Å²) in [5.74, 6) is 1.71. The molecule has 0 aliphatic heterocycles. The lowest BCUT2D eigenvalue weighted by Crippen LogP contribution is -2.30. The summed E-state index contributed by atoms with van der Waals surface area (Å²) in [4.78, 5) is 2.38. The SMILES string of the molecule is C=CCN(Cc1ccoc1CNCC(C)C)C(C)C. The van der Waals surface area contributed by atoms with Crippen molar-refractivity contribution in [1.29, 1.82) is 0 Å². The Kier molecular flexibility index (Phi) is 6.89. The van der Waals surface area contributed by atoms with Gasteiger partial charge < -0.3 is 9.73 Å². The normalized spacial score (nSPS) is 11.7. The Balaban J connectivity index is 2.57. The van der Waals surface area contributed by atoms with Gasteiger partial charge in [-0.15, -0.1) is 6.58 Å². The van der Waals surface area contributed by atoms with Gasteiger partial charge in [0, 0.05) is 24.7 Å². The summed E-state index contributed by atoms with van der Waals surface area (Å²) in [7, 11) is 0. The van der Waals surface area contributed by atoms with E-state index in [1.165, 1.54) is 5.56 Å². The molecule has 0 saturated carbocycles. The largest absolute Gasteiger partial charge is 0.468 e. The second kappa shape index (κ2) is 8.18. The molecule has 0 atom stereocenters. The Labute approximate surface area is 117 Å². The molecular formula is C16H28N2O. The van der Waals surface area contributed by atoms with Gasteiger partial charge in [0.05, 0.1) is 12.8 Å². The minimum Gasteiger partial charge on any atom is -0.468 e. The van der Waals surface area contributed by atoms with Crippen LogP contribution in [0.15, 0.2) is 29.4 Å². The van der Waals surface area contributed by atoms with Crippen LogP contribution in [0.4, 0.5) is 0 Å². The smallest absolute Gasteiger partial charge is 0.122 e. The van der Waals surface area contributed by atoms with E-state index in [0.29, 0.717) is 12.0 Å². The summed E-state index contributed by atoms with van der Waals surface area (Å²) in [6, 6.07) is 2.58. The van der Waals surface area contributed by atoms with Gasteiger partial charge in [-0.25, -0.2) is 0 Å². The highest BCUT2D eigenvalue weighted by molar-refractivity contribution is 5.17. The number of nitrogens with one attached hydrogen (secondary N) is 1. The predicted molar refractivity (Wildman–Crippen MR) is 81.0 cm³/mol. The zero-order valence-corrected chi connectivity index (χ0v) is 12.8. The van der Waals surface area contributed by atoms with E-state index in [0.717, 1.165) is 31.9 Å². The molecular weight excluding hydrogens is 236 g/mol. The Bertz CT molecular complexity index is 369. The molecule has 0 aromatic carbocycles. The number of furan rings is 1. The van der Waals surface area contributed by atoms with Crippen LogP contribution >= 0.6 is 0 Å². The molecule has 19 heavy (non-hydrogen) atoms. The van der Waals surface area contributed by atoms with E-state index in [2.05, 4.69) is 50.6 Å². The first-order valence-corrected chi connectivity index (χ1v) is 7.15. The highest BCUT2D eigenvalue weighted by Gasteiger charge is 2.13. The van der Waals surface area contributed by atoms with E-state index in [1.54, 1.807) is 6.26 Å². The van der Waals surface area contributed by atoms with Crippen molar-refractivity contribution in [1.82, 2.24) is 10.2 Å². The van der Waals surface area contributed by atoms with Crippen LogP contribution in [0.1, 0.15) is 39.0 Å². The van der Waals surface area contributed by atoms with E-state index < -0.39 is 0 Å². The average Bonchev–Trinajstić information content (AvgIpc) is 2.75. The molecule has 1 heterocycles. The molecule has 0 unspecified atom stereocenters. The molecule has 1 rings (SSSR count). The van der Waals surface area contributed by atoms with Gasteiger partial charge in [-0.2, -0.15) is 0 Å². The zero-order valence-electron chi connectivity index (χ0n) is 12.8. The third-order valence-electron chi connectivity index (χ3n) is 3.14. The maximum Gasteiger partial charge on any atom is 0.122 e. The molecule has 1 N–H and O–H groups in total. The fraction of sp³-hybridized carbons (Fsp3) is 0.625. The number of rotatable bonds is 9. The average molecular weight is 264 g/mol. The summed E-state index contributed by atoms with van der Waals surface area (Å²) >= 11 is 0. The lowest BCUT2D eigenvalue weighted by Gasteiger charge is -2.24. The molecule has 0 spiro atoms. The summed E-state index contributed by atoms with van der Waals surface area (Å²) < 4.78 is 5.59. The van der Waals surface area contributed by atoms with Gasteiger partial charge in [-0.1, -0.05) is 19.9 Å². The standard InChI is InChI=1S/C16H28N2O/c1-6-8-18(14(4)5)12-15-7-9-19-16(15)11-17-10-13(2)3/h6-7,9,13-14,17H,1,8,10-12H2,2-5H3. The lowest BCUT2D eigenvalue weighted by atomic mass is 10.2. The van der Waals surface area contributed by atoms with E-state index >= 15 is 0 Å². The van der Waals surface area contributed by atoms with E-state index in [9.17, 15) is 0 Å². The van der Waals surface area contributed by atoms with Gasteiger partial charge in [0.1, 0.15) is 5.76 Å². The van der Waals surface area contributed by atoms with Gasteiger partial charge >= 0.3 is 0 Å². The minimum atomic E-state index is 0.504. The molecule has 0 aliphatic rings. The molecule has 108 valence electrons. The number of nitrogens with zero attached hydrogens (tertiary/aromatic N) is 1. The fourth-order valence-corrected chi connectivity index (χ4v) is 1.98. The van der Waals surface area contributed by atoms with Crippen molar-refractivity contribution in [3.05, 3.63) is 36.3 Å². The monoisotopic (exact) mass is 264 g/mol. The van der Waals surface area contributed by atoms with Gasteiger partial charge in [0.2, 0.25) is 0 Å². The summed E-state index contributed by atoms with van der Waals surface area (Å²) in [6.07, 6.45) is 3.74. The third kappa shape index (κ3) is 5.62. The van der Waals surface area contributed by atoms with Crippen molar-refractivity contribution in [2.75, 3.05) is 13.1 Å². The van der Waals surface area contributed by atoms with Crippen LogP contribution in [0.3, 0.4) is 0 Å². The topological polar surface area (TPSA) is 28.4 Å². The van der Waals surface area contributed by atoms with E-state index in [1.807, 2.05) is 6.08 Å². The summed E-state index contributed by atoms with van der Waals surface area (Å²) in [5.41, 5.74) is 1.27. The molecule has 3 heteroatoms. The van der Waals surface area contributed by atoms with E-state index in [-0.39, 0.29) is 0 Å². The predicted octanol–water partition coefficient (Wildman–Crippen LogP) is 3.42. The molecule has 1 aromatic heterocycles. The Morgan fingerprint density at radius 1 is 1.37 bits per heavy atom. The second-order valence-electron chi connectivity index (χ2n) is 5.71. The second-order valence-corrected chi connectivity index (χ2v) is 5.71. The molecule has 0 amide bonds. The van der Waals surface area contributed by atoms with E-state index in [4.69, 9.17) is 4.42 Å².